The van der Waals surface area contributed by atoms with Crippen molar-refractivity contribution >= 4 is 0 Å². The number of fused-ring (bicyclic) bond motifs is 1. The molecule has 0 aliphatic carbocycles. The normalized spacial score (nSPS) is 16.1. The Bertz CT molecular complexity index is 1060. The molecule has 0 saturated carbocycles. The number of benzene rings is 1. The van der Waals surface area contributed by atoms with Gasteiger partial charge in [-0.2, -0.15) is 5.26 Å². The van der Waals surface area contributed by atoms with Crippen LogP contribution in [0.4, 0.5) is 0 Å². The van der Waals surface area contributed by atoms with E-state index in [1.807, 2.05) is 46.0 Å². The molecule has 0 amide bonds. The van der Waals surface area contributed by atoms with Crippen LogP contribution in [0.2, 0.25) is 0 Å². The van der Waals surface area contributed by atoms with Crippen molar-refractivity contribution in [1.82, 2.24) is 9.88 Å². The number of pyridine rings is 1. The number of unbranched alkanes of at least 4 members (excludes halogenated alkanes) is 1. The fourth-order valence-electron chi connectivity index (χ4n) is 4.49. The second kappa shape index (κ2) is 11.3. The largest absolute Gasteiger partial charge is 0.493 e. The maximum atomic E-state index is 10.1. The van der Waals surface area contributed by atoms with Crippen molar-refractivity contribution in [3.05, 3.63) is 46.8 Å². The van der Waals surface area contributed by atoms with Crippen LogP contribution in [0, 0.1) is 18.3 Å². The monoisotopic (exact) mass is 481 g/mol. The number of hydrogen-bond acceptors (Lipinski definition) is 7. The molecule has 0 bridgehead atoms. The highest BCUT2D eigenvalue weighted by Gasteiger charge is 2.36. The second-order valence-corrected chi connectivity index (χ2v) is 10.00. The Balaban J connectivity index is 1.55. The number of likely N-dealkylation sites (N-methyl/N-ethyl adjacent to an activating group) is 1. The first-order chi connectivity index (χ1) is 16.6. The molecule has 2 aromatic rings. The minimum Gasteiger partial charge on any atom is -0.493 e. The van der Waals surface area contributed by atoms with E-state index >= 15 is 0 Å². The molecule has 0 fully saturated rings. The maximum Gasteiger partial charge on any atom is 0.205 e. The fourth-order valence-corrected chi connectivity index (χ4v) is 4.49. The molecule has 1 atom stereocenters. The van der Waals surface area contributed by atoms with Gasteiger partial charge in [-0.15, -0.1) is 0 Å². The van der Waals surface area contributed by atoms with Crippen LogP contribution < -0.4 is 14.2 Å². The van der Waals surface area contributed by atoms with Gasteiger partial charge in [0.15, 0.2) is 11.5 Å². The zero-order valence-electron chi connectivity index (χ0n) is 22.2. The smallest absolute Gasteiger partial charge is 0.205 e. The molecular formula is C28H39N3O4. The summed E-state index contributed by atoms with van der Waals surface area (Å²) in [5.41, 5.74) is 3.27. The summed E-state index contributed by atoms with van der Waals surface area (Å²) in [4.78, 5) is 6.88. The van der Waals surface area contributed by atoms with Crippen LogP contribution in [0.5, 0.6) is 17.2 Å². The number of rotatable bonds is 11. The minimum atomic E-state index is -0.692. The maximum absolute atomic E-state index is 10.1. The number of methoxy groups -OCH3 is 2. The molecular weight excluding hydrogens is 442 g/mol. The SMILES string of the molecule is COc1ccc(CCN(C)CCCCC(C)(C#N)c2cnc(C)c3c2COC(C)(C)O3)cc1OC. The lowest BCUT2D eigenvalue weighted by atomic mass is 9.77. The lowest BCUT2D eigenvalue weighted by Gasteiger charge is -2.36. The van der Waals surface area contributed by atoms with Gasteiger partial charge in [0.25, 0.3) is 0 Å². The number of nitrogens with zero attached hydrogens (tertiary/aromatic N) is 3. The average Bonchev–Trinajstić information content (AvgIpc) is 2.85. The van der Waals surface area contributed by atoms with E-state index in [0.717, 1.165) is 72.8 Å². The third-order valence-electron chi connectivity index (χ3n) is 6.77. The van der Waals surface area contributed by atoms with E-state index in [0.29, 0.717) is 6.61 Å². The van der Waals surface area contributed by atoms with Gasteiger partial charge in [0.1, 0.15) is 5.75 Å². The van der Waals surface area contributed by atoms with E-state index in [-0.39, 0.29) is 0 Å². The summed E-state index contributed by atoms with van der Waals surface area (Å²) < 4.78 is 22.7. The van der Waals surface area contributed by atoms with Crippen molar-refractivity contribution in [2.24, 2.45) is 0 Å². The van der Waals surface area contributed by atoms with Crippen LogP contribution in [0.15, 0.2) is 24.4 Å². The van der Waals surface area contributed by atoms with E-state index in [4.69, 9.17) is 18.9 Å². The van der Waals surface area contributed by atoms with Crippen molar-refractivity contribution in [3.8, 4) is 23.3 Å². The molecule has 1 unspecified atom stereocenters. The first-order valence-electron chi connectivity index (χ1n) is 12.2. The van der Waals surface area contributed by atoms with E-state index in [9.17, 15) is 5.26 Å². The number of hydrogen-bond donors (Lipinski definition) is 0. The van der Waals surface area contributed by atoms with E-state index in [1.54, 1.807) is 14.2 Å². The Morgan fingerprint density at radius 1 is 1.17 bits per heavy atom. The van der Waals surface area contributed by atoms with Crippen molar-refractivity contribution in [2.75, 3.05) is 34.4 Å². The molecule has 35 heavy (non-hydrogen) atoms. The van der Waals surface area contributed by atoms with Crippen molar-refractivity contribution < 1.29 is 18.9 Å². The van der Waals surface area contributed by atoms with Gasteiger partial charge in [0, 0.05) is 32.2 Å². The van der Waals surface area contributed by atoms with Gasteiger partial charge in [-0.3, -0.25) is 4.98 Å². The molecule has 1 aromatic carbocycles. The number of aromatic nitrogens is 1. The quantitative estimate of drug-likeness (QED) is 0.409. The van der Waals surface area contributed by atoms with Crippen LogP contribution in [0.25, 0.3) is 0 Å². The Kier molecular flexibility index (Phi) is 8.63. The van der Waals surface area contributed by atoms with Crippen LogP contribution >= 0.6 is 0 Å². The van der Waals surface area contributed by atoms with E-state index < -0.39 is 11.2 Å². The highest BCUT2D eigenvalue weighted by Crippen LogP contribution is 2.41. The molecule has 0 N–H and O–H groups in total. The molecule has 0 spiro atoms. The van der Waals surface area contributed by atoms with Crippen LogP contribution in [-0.2, 0) is 23.2 Å². The highest BCUT2D eigenvalue weighted by atomic mass is 16.7. The summed E-state index contributed by atoms with van der Waals surface area (Å²) in [6, 6.07) is 8.62. The molecule has 3 rings (SSSR count). The molecule has 1 aliphatic rings. The summed E-state index contributed by atoms with van der Waals surface area (Å²) in [6.45, 7) is 10.1. The summed E-state index contributed by atoms with van der Waals surface area (Å²) in [6.07, 6.45) is 5.48. The number of aryl methyl sites for hydroxylation is 1. The Hall–Kier alpha value is -2.82. The lowest BCUT2D eigenvalue weighted by Crippen LogP contribution is -2.37. The predicted molar refractivity (Wildman–Crippen MR) is 136 cm³/mol. The van der Waals surface area contributed by atoms with Gasteiger partial charge in [0.05, 0.1) is 38.0 Å². The predicted octanol–water partition coefficient (Wildman–Crippen LogP) is 5.18. The summed E-state index contributed by atoms with van der Waals surface area (Å²) in [7, 11) is 5.45. The lowest BCUT2D eigenvalue weighted by molar-refractivity contribution is -0.181. The highest BCUT2D eigenvalue weighted by molar-refractivity contribution is 5.48. The third kappa shape index (κ3) is 6.45. The Morgan fingerprint density at radius 2 is 1.91 bits per heavy atom. The van der Waals surface area contributed by atoms with Gasteiger partial charge in [-0.1, -0.05) is 12.5 Å². The average molecular weight is 482 g/mol. The first-order valence-corrected chi connectivity index (χ1v) is 12.2. The molecule has 7 nitrogen and oxygen atoms in total. The van der Waals surface area contributed by atoms with E-state index in [2.05, 4.69) is 29.1 Å². The zero-order valence-corrected chi connectivity index (χ0v) is 22.2. The first kappa shape index (κ1) is 26.8. The van der Waals surface area contributed by atoms with Gasteiger partial charge in [-0.25, -0.2) is 0 Å². The topological polar surface area (TPSA) is 76.8 Å². The fraction of sp³-hybridized carbons (Fsp3) is 0.571. The van der Waals surface area contributed by atoms with Gasteiger partial charge in [0.2, 0.25) is 5.79 Å². The third-order valence-corrected chi connectivity index (χ3v) is 6.77. The Labute approximate surface area is 210 Å². The van der Waals surface area contributed by atoms with Crippen molar-refractivity contribution in [1.29, 1.82) is 5.26 Å². The number of ether oxygens (including phenoxy) is 4. The van der Waals surface area contributed by atoms with Crippen molar-refractivity contribution in [2.45, 2.75) is 71.2 Å². The molecule has 190 valence electrons. The molecule has 0 radical (unpaired) electrons. The molecule has 1 aromatic heterocycles. The summed E-state index contributed by atoms with van der Waals surface area (Å²) in [5, 5.41) is 10.1. The summed E-state index contributed by atoms with van der Waals surface area (Å²) in [5.74, 6) is 1.57. The second-order valence-electron chi connectivity index (χ2n) is 10.00. The zero-order chi connectivity index (χ0) is 25.6. The van der Waals surface area contributed by atoms with Crippen LogP contribution in [0.3, 0.4) is 0 Å². The molecule has 1 aliphatic heterocycles. The molecule has 0 saturated heterocycles. The van der Waals surface area contributed by atoms with Gasteiger partial charge < -0.3 is 23.8 Å². The molecule has 7 heteroatoms. The van der Waals surface area contributed by atoms with Gasteiger partial charge >= 0.3 is 0 Å². The van der Waals surface area contributed by atoms with Gasteiger partial charge in [-0.05, 0) is 70.0 Å². The number of nitriles is 1. The summed E-state index contributed by atoms with van der Waals surface area (Å²) >= 11 is 0. The van der Waals surface area contributed by atoms with Crippen LogP contribution in [-0.4, -0.2) is 50.0 Å². The standard InChI is InChI=1S/C28H39N3O4/c1-20-26-22(18-34-27(2,3)35-26)23(17-30-20)28(4,19-29)13-8-9-14-31(5)15-12-21-10-11-24(32-6)25(16-21)33-7/h10-11,16-17H,8-9,12-15,18H2,1-7H3. The molecule has 2 heterocycles. The Morgan fingerprint density at radius 3 is 2.60 bits per heavy atom. The van der Waals surface area contributed by atoms with Crippen LogP contribution in [0.1, 0.15) is 62.4 Å². The van der Waals surface area contributed by atoms with Crippen molar-refractivity contribution in [3.63, 3.8) is 0 Å². The van der Waals surface area contributed by atoms with E-state index in [1.165, 1.54) is 5.56 Å². The minimum absolute atomic E-state index is 0.428.